The van der Waals surface area contributed by atoms with E-state index in [1.54, 1.807) is 24.0 Å². The number of nitrogens with one attached hydrogen (secondary N) is 1. The quantitative estimate of drug-likeness (QED) is 0.660. The average Bonchev–Trinajstić information content (AvgIpc) is 2.33. The van der Waals surface area contributed by atoms with Crippen LogP contribution in [0.15, 0.2) is 52.4 Å². The van der Waals surface area contributed by atoms with Crippen molar-refractivity contribution >= 4 is 29.2 Å². The van der Waals surface area contributed by atoms with Crippen molar-refractivity contribution in [3.8, 4) is 0 Å². The molecule has 3 nitrogen and oxygen atoms in total. The number of benzene rings is 1. The molecular weight excluding hydrogens is 254 g/mol. The monoisotopic (exact) mass is 263 g/mol. The lowest BCUT2D eigenvalue weighted by Crippen LogP contribution is -2.12. The molecule has 17 heavy (non-hydrogen) atoms. The highest BCUT2D eigenvalue weighted by Gasteiger charge is 2.00. The fourth-order valence-electron chi connectivity index (χ4n) is 1.24. The maximum atomic E-state index is 7.24. The van der Waals surface area contributed by atoms with Crippen LogP contribution in [0.4, 0.5) is 0 Å². The van der Waals surface area contributed by atoms with E-state index in [-0.39, 0.29) is 5.84 Å². The first-order chi connectivity index (χ1) is 8.15. The van der Waals surface area contributed by atoms with Crippen molar-refractivity contribution in [3.05, 3.63) is 53.3 Å². The first kappa shape index (κ1) is 12.0. The second kappa shape index (κ2) is 5.21. The van der Waals surface area contributed by atoms with Crippen molar-refractivity contribution in [1.82, 2.24) is 4.98 Å². The van der Waals surface area contributed by atoms with Gasteiger partial charge in [-0.05, 0) is 36.4 Å². The van der Waals surface area contributed by atoms with Gasteiger partial charge in [0.05, 0.1) is 0 Å². The molecule has 2 rings (SSSR count). The van der Waals surface area contributed by atoms with Crippen LogP contribution in [-0.4, -0.2) is 10.8 Å². The van der Waals surface area contributed by atoms with Crippen molar-refractivity contribution in [2.24, 2.45) is 5.73 Å². The van der Waals surface area contributed by atoms with E-state index in [2.05, 4.69) is 4.98 Å². The zero-order valence-corrected chi connectivity index (χ0v) is 10.4. The number of hydrogen-bond acceptors (Lipinski definition) is 3. The summed E-state index contributed by atoms with van der Waals surface area (Å²) in [7, 11) is 0. The summed E-state index contributed by atoms with van der Waals surface area (Å²) in [5, 5.41) is 7.97. The van der Waals surface area contributed by atoms with E-state index in [9.17, 15) is 0 Å². The number of amidine groups is 1. The SMILES string of the molecule is N=C(N)c1ccc(Sc2ccc(Cl)cc2)cn1. The molecule has 0 spiro atoms. The summed E-state index contributed by atoms with van der Waals surface area (Å²) >= 11 is 7.40. The number of hydrogen-bond donors (Lipinski definition) is 2. The smallest absolute Gasteiger partial charge is 0.141 e. The zero-order valence-electron chi connectivity index (χ0n) is 8.85. The van der Waals surface area contributed by atoms with Crippen LogP contribution in [-0.2, 0) is 0 Å². The van der Waals surface area contributed by atoms with Gasteiger partial charge in [-0.25, -0.2) is 0 Å². The van der Waals surface area contributed by atoms with Crippen molar-refractivity contribution in [2.75, 3.05) is 0 Å². The lowest BCUT2D eigenvalue weighted by molar-refractivity contribution is 1.19. The molecular formula is C12H10ClN3S. The lowest BCUT2D eigenvalue weighted by atomic mass is 10.3. The molecule has 0 radical (unpaired) electrons. The summed E-state index contributed by atoms with van der Waals surface area (Å²) in [5.41, 5.74) is 5.82. The molecule has 1 aromatic carbocycles. The number of pyridine rings is 1. The molecule has 3 N–H and O–H groups in total. The fraction of sp³-hybridized carbons (Fsp3) is 0. The van der Waals surface area contributed by atoms with Crippen LogP contribution in [0.1, 0.15) is 5.69 Å². The Morgan fingerprint density at radius 3 is 2.29 bits per heavy atom. The summed E-state index contributed by atoms with van der Waals surface area (Å²) in [6.45, 7) is 0. The molecule has 1 heterocycles. The highest BCUT2D eigenvalue weighted by Crippen LogP contribution is 2.27. The number of rotatable bonds is 3. The second-order valence-corrected chi connectivity index (χ2v) is 4.93. The molecule has 2 aromatic rings. The van der Waals surface area contributed by atoms with Crippen LogP contribution in [0, 0.1) is 5.41 Å². The number of aromatic nitrogens is 1. The van der Waals surface area contributed by atoms with Crippen LogP contribution in [0.2, 0.25) is 5.02 Å². The largest absolute Gasteiger partial charge is 0.382 e. The lowest BCUT2D eigenvalue weighted by Gasteiger charge is -2.02. The van der Waals surface area contributed by atoms with Gasteiger partial charge >= 0.3 is 0 Å². The Labute approximate surface area is 109 Å². The molecule has 0 fully saturated rings. The zero-order chi connectivity index (χ0) is 12.3. The molecule has 0 aliphatic heterocycles. The Bertz CT molecular complexity index is 522. The van der Waals surface area contributed by atoms with E-state index >= 15 is 0 Å². The van der Waals surface area contributed by atoms with Gasteiger partial charge in [0, 0.05) is 21.0 Å². The summed E-state index contributed by atoms with van der Waals surface area (Å²) in [4.78, 5) is 6.18. The maximum Gasteiger partial charge on any atom is 0.141 e. The van der Waals surface area contributed by atoms with Gasteiger partial charge < -0.3 is 5.73 Å². The molecule has 86 valence electrons. The minimum absolute atomic E-state index is 0.0203. The topological polar surface area (TPSA) is 62.8 Å². The fourth-order valence-corrected chi connectivity index (χ4v) is 2.15. The number of nitrogen functional groups attached to an aromatic ring is 1. The molecule has 1 aromatic heterocycles. The number of halogens is 1. The first-order valence-corrected chi connectivity index (χ1v) is 6.08. The Balaban J connectivity index is 2.13. The molecule has 0 saturated carbocycles. The van der Waals surface area contributed by atoms with Crippen LogP contribution >= 0.6 is 23.4 Å². The number of nitrogens with two attached hydrogens (primary N) is 1. The Kier molecular flexibility index (Phi) is 3.66. The van der Waals surface area contributed by atoms with E-state index in [0.29, 0.717) is 5.69 Å². The van der Waals surface area contributed by atoms with Crippen LogP contribution < -0.4 is 5.73 Å². The molecule has 0 saturated heterocycles. The Morgan fingerprint density at radius 2 is 1.76 bits per heavy atom. The minimum atomic E-state index is -0.0203. The maximum absolute atomic E-state index is 7.24. The number of nitrogens with zero attached hydrogens (tertiary/aromatic N) is 1. The predicted octanol–water partition coefficient (Wildman–Crippen LogP) is 3.17. The van der Waals surface area contributed by atoms with Gasteiger partial charge in [-0.15, -0.1) is 0 Å². The predicted molar refractivity (Wildman–Crippen MR) is 70.8 cm³/mol. The molecule has 0 bridgehead atoms. The van der Waals surface area contributed by atoms with Gasteiger partial charge in [-0.1, -0.05) is 23.4 Å². The Hall–Kier alpha value is -1.52. The van der Waals surface area contributed by atoms with Crippen molar-refractivity contribution in [2.45, 2.75) is 9.79 Å². The molecule has 0 aliphatic rings. The van der Waals surface area contributed by atoms with Crippen LogP contribution in [0.5, 0.6) is 0 Å². The van der Waals surface area contributed by atoms with E-state index in [0.717, 1.165) is 14.8 Å². The molecule has 0 atom stereocenters. The standard InChI is InChI=1S/C12H10ClN3S/c13-8-1-3-9(4-2-8)17-10-5-6-11(12(14)15)16-7-10/h1-7H,(H3,14,15). The third-order valence-electron chi connectivity index (χ3n) is 2.06. The van der Waals surface area contributed by atoms with Crippen LogP contribution in [0.3, 0.4) is 0 Å². The average molecular weight is 264 g/mol. The normalized spacial score (nSPS) is 10.2. The minimum Gasteiger partial charge on any atom is -0.382 e. The van der Waals surface area contributed by atoms with Gasteiger partial charge in [-0.2, -0.15) is 0 Å². The Morgan fingerprint density at radius 1 is 1.12 bits per heavy atom. The third-order valence-corrected chi connectivity index (χ3v) is 3.30. The van der Waals surface area contributed by atoms with Gasteiger partial charge in [0.1, 0.15) is 11.5 Å². The molecule has 0 amide bonds. The van der Waals surface area contributed by atoms with E-state index in [1.807, 2.05) is 30.3 Å². The van der Waals surface area contributed by atoms with Gasteiger partial charge in [-0.3, -0.25) is 10.4 Å². The molecule has 0 aliphatic carbocycles. The van der Waals surface area contributed by atoms with Gasteiger partial charge in [0.25, 0.3) is 0 Å². The summed E-state index contributed by atoms with van der Waals surface area (Å²) < 4.78 is 0. The van der Waals surface area contributed by atoms with Gasteiger partial charge in [0.15, 0.2) is 0 Å². The molecule has 5 heteroatoms. The van der Waals surface area contributed by atoms with Crippen molar-refractivity contribution in [1.29, 1.82) is 5.41 Å². The van der Waals surface area contributed by atoms with Crippen molar-refractivity contribution < 1.29 is 0 Å². The van der Waals surface area contributed by atoms with Crippen molar-refractivity contribution in [3.63, 3.8) is 0 Å². The van der Waals surface area contributed by atoms with Crippen LogP contribution in [0.25, 0.3) is 0 Å². The van der Waals surface area contributed by atoms with E-state index in [1.165, 1.54) is 0 Å². The van der Waals surface area contributed by atoms with E-state index < -0.39 is 0 Å². The van der Waals surface area contributed by atoms with Gasteiger partial charge in [0.2, 0.25) is 0 Å². The summed E-state index contributed by atoms with van der Waals surface area (Å²) in [6, 6.07) is 11.2. The summed E-state index contributed by atoms with van der Waals surface area (Å²) in [5.74, 6) is -0.0203. The second-order valence-electron chi connectivity index (χ2n) is 3.35. The third kappa shape index (κ3) is 3.22. The summed E-state index contributed by atoms with van der Waals surface area (Å²) in [6.07, 6.45) is 1.70. The highest BCUT2D eigenvalue weighted by atomic mass is 35.5. The van der Waals surface area contributed by atoms with E-state index in [4.69, 9.17) is 22.7 Å². The first-order valence-electron chi connectivity index (χ1n) is 4.89. The molecule has 0 unspecified atom stereocenters. The highest BCUT2D eigenvalue weighted by molar-refractivity contribution is 7.99.